The SMILES string of the molecule is Cl.On1ncc2c(N3CCNCC3)ncnc21. The van der Waals surface area contributed by atoms with E-state index in [1.165, 1.54) is 6.33 Å². The van der Waals surface area contributed by atoms with Crippen LogP contribution in [0.4, 0.5) is 5.82 Å². The maximum atomic E-state index is 9.42. The Morgan fingerprint density at radius 3 is 2.76 bits per heavy atom. The van der Waals surface area contributed by atoms with E-state index in [-0.39, 0.29) is 12.4 Å². The molecule has 3 rings (SSSR count). The summed E-state index contributed by atoms with van der Waals surface area (Å²) in [5.41, 5.74) is 0.448. The van der Waals surface area contributed by atoms with Gasteiger partial charge in [0.1, 0.15) is 12.1 Å². The summed E-state index contributed by atoms with van der Waals surface area (Å²) in [6.45, 7) is 3.70. The van der Waals surface area contributed by atoms with Crippen LogP contribution < -0.4 is 10.2 Å². The van der Waals surface area contributed by atoms with Gasteiger partial charge in [-0.15, -0.1) is 17.5 Å². The summed E-state index contributed by atoms with van der Waals surface area (Å²) in [6, 6.07) is 0. The van der Waals surface area contributed by atoms with Gasteiger partial charge in [-0.1, -0.05) is 4.85 Å². The lowest BCUT2D eigenvalue weighted by molar-refractivity contribution is 0.159. The van der Waals surface area contributed by atoms with Crippen molar-refractivity contribution in [2.75, 3.05) is 31.1 Å². The van der Waals surface area contributed by atoms with Gasteiger partial charge in [0.25, 0.3) is 0 Å². The first-order chi connectivity index (χ1) is 7.86. The molecular formula is C9H13ClN6O. The van der Waals surface area contributed by atoms with Gasteiger partial charge < -0.3 is 15.4 Å². The van der Waals surface area contributed by atoms with E-state index < -0.39 is 0 Å². The van der Waals surface area contributed by atoms with Crippen LogP contribution in [0.5, 0.6) is 0 Å². The maximum Gasteiger partial charge on any atom is 0.203 e. The number of nitrogens with zero attached hydrogens (tertiary/aromatic N) is 5. The van der Waals surface area contributed by atoms with Crippen LogP contribution in [0.3, 0.4) is 0 Å². The molecule has 92 valence electrons. The van der Waals surface area contributed by atoms with Crippen LogP contribution in [0.25, 0.3) is 11.0 Å². The largest absolute Gasteiger partial charge is 0.410 e. The second-order valence-corrected chi connectivity index (χ2v) is 3.71. The number of rotatable bonds is 1. The molecule has 8 heteroatoms. The molecule has 2 aromatic rings. The van der Waals surface area contributed by atoms with Crippen molar-refractivity contribution in [3.8, 4) is 0 Å². The summed E-state index contributed by atoms with van der Waals surface area (Å²) < 4.78 is 0. The normalized spacial score (nSPS) is 15.9. The van der Waals surface area contributed by atoms with E-state index in [0.717, 1.165) is 42.2 Å². The number of halogens is 1. The molecule has 0 aromatic carbocycles. The van der Waals surface area contributed by atoms with Gasteiger partial charge >= 0.3 is 0 Å². The monoisotopic (exact) mass is 256 g/mol. The van der Waals surface area contributed by atoms with Gasteiger partial charge in [0.15, 0.2) is 0 Å². The number of nitrogens with one attached hydrogen (secondary N) is 1. The van der Waals surface area contributed by atoms with E-state index in [0.29, 0.717) is 5.65 Å². The van der Waals surface area contributed by atoms with Crippen LogP contribution in [0, 0.1) is 0 Å². The highest BCUT2D eigenvalue weighted by atomic mass is 35.5. The average molecular weight is 257 g/mol. The Labute approximate surface area is 104 Å². The van der Waals surface area contributed by atoms with Crippen LogP contribution in [-0.2, 0) is 0 Å². The first-order valence-corrected chi connectivity index (χ1v) is 5.20. The first kappa shape index (κ1) is 11.9. The van der Waals surface area contributed by atoms with E-state index in [4.69, 9.17) is 0 Å². The van der Waals surface area contributed by atoms with E-state index in [9.17, 15) is 5.21 Å². The Morgan fingerprint density at radius 2 is 2.00 bits per heavy atom. The molecule has 0 amide bonds. The van der Waals surface area contributed by atoms with Crippen molar-refractivity contribution in [1.82, 2.24) is 25.2 Å². The summed E-state index contributed by atoms with van der Waals surface area (Å²) in [6.07, 6.45) is 3.04. The summed E-state index contributed by atoms with van der Waals surface area (Å²) in [5, 5.41) is 17.3. The molecule has 17 heavy (non-hydrogen) atoms. The fraction of sp³-hybridized carbons (Fsp3) is 0.444. The van der Waals surface area contributed by atoms with Crippen molar-refractivity contribution in [2.45, 2.75) is 0 Å². The smallest absolute Gasteiger partial charge is 0.203 e. The minimum Gasteiger partial charge on any atom is -0.410 e. The van der Waals surface area contributed by atoms with Crippen molar-refractivity contribution in [2.24, 2.45) is 0 Å². The van der Waals surface area contributed by atoms with Crippen LogP contribution in [-0.4, -0.2) is 51.3 Å². The number of hydrogen-bond donors (Lipinski definition) is 2. The Balaban J connectivity index is 0.00000108. The number of piperazine rings is 1. The lowest BCUT2D eigenvalue weighted by Crippen LogP contribution is -2.44. The number of fused-ring (bicyclic) bond motifs is 1. The van der Waals surface area contributed by atoms with Crippen LogP contribution >= 0.6 is 12.4 Å². The van der Waals surface area contributed by atoms with Gasteiger partial charge in [0.2, 0.25) is 5.65 Å². The molecule has 2 N–H and O–H groups in total. The molecule has 0 bridgehead atoms. The molecule has 1 aliphatic heterocycles. The third-order valence-corrected chi connectivity index (χ3v) is 2.74. The molecule has 1 saturated heterocycles. The second kappa shape index (κ2) is 4.72. The van der Waals surface area contributed by atoms with Crippen molar-refractivity contribution in [1.29, 1.82) is 0 Å². The summed E-state index contributed by atoms with van der Waals surface area (Å²) in [5.74, 6) is 0.840. The van der Waals surface area contributed by atoms with Crippen LogP contribution in [0.2, 0.25) is 0 Å². The Kier molecular flexibility index (Phi) is 3.30. The third-order valence-electron chi connectivity index (χ3n) is 2.74. The highest BCUT2D eigenvalue weighted by Crippen LogP contribution is 2.21. The van der Waals surface area contributed by atoms with Crippen molar-refractivity contribution in [3.05, 3.63) is 12.5 Å². The Morgan fingerprint density at radius 1 is 1.24 bits per heavy atom. The lowest BCUT2D eigenvalue weighted by atomic mass is 10.3. The van der Waals surface area contributed by atoms with E-state index in [1.807, 2.05) is 0 Å². The molecular weight excluding hydrogens is 244 g/mol. The molecule has 0 radical (unpaired) electrons. The molecule has 0 spiro atoms. The standard InChI is InChI=1S/C9H12N6O.ClH/c16-15-9-7(5-13-15)8(11-6-12-9)14-3-1-10-2-4-14;/h5-6,10,16H,1-4H2;1H. The molecule has 1 aliphatic rings. The van der Waals surface area contributed by atoms with E-state index in [1.54, 1.807) is 6.20 Å². The molecule has 0 atom stereocenters. The summed E-state index contributed by atoms with van der Waals surface area (Å²) in [4.78, 5) is 11.2. The molecule has 0 saturated carbocycles. The number of hydrogen-bond acceptors (Lipinski definition) is 6. The zero-order chi connectivity index (χ0) is 11.0. The Hall–Kier alpha value is -1.60. The van der Waals surface area contributed by atoms with Crippen molar-refractivity contribution < 1.29 is 5.21 Å². The van der Waals surface area contributed by atoms with Gasteiger partial charge in [0.05, 0.1) is 11.6 Å². The average Bonchev–Trinajstić information content (AvgIpc) is 2.73. The van der Waals surface area contributed by atoms with Crippen LogP contribution in [0.15, 0.2) is 12.5 Å². The maximum absolute atomic E-state index is 9.42. The number of aromatic nitrogens is 4. The Bertz CT molecular complexity index is 509. The number of anilines is 1. The fourth-order valence-electron chi connectivity index (χ4n) is 1.95. The van der Waals surface area contributed by atoms with Crippen LogP contribution in [0.1, 0.15) is 0 Å². The van der Waals surface area contributed by atoms with Gasteiger partial charge in [-0.3, -0.25) is 0 Å². The van der Waals surface area contributed by atoms with Gasteiger partial charge in [-0.2, -0.15) is 0 Å². The molecule has 7 nitrogen and oxygen atoms in total. The molecule has 0 aliphatic carbocycles. The predicted molar refractivity (Wildman–Crippen MR) is 64.8 cm³/mol. The fourth-order valence-corrected chi connectivity index (χ4v) is 1.95. The van der Waals surface area contributed by atoms with Gasteiger partial charge in [0, 0.05) is 26.2 Å². The molecule has 3 heterocycles. The minimum atomic E-state index is 0. The van der Waals surface area contributed by atoms with E-state index >= 15 is 0 Å². The highest BCUT2D eigenvalue weighted by Gasteiger charge is 2.17. The zero-order valence-corrected chi connectivity index (χ0v) is 9.89. The zero-order valence-electron chi connectivity index (χ0n) is 9.07. The van der Waals surface area contributed by atoms with Crippen molar-refractivity contribution >= 4 is 29.3 Å². The van der Waals surface area contributed by atoms with Crippen molar-refractivity contribution in [3.63, 3.8) is 0 Å². The topological polar surface area (TPSA) is 79.1 Å². The quantitative estimate of drug-likeness (QED) is 0.694. The molecule has 0 unspecified atom stereocenters. The highest BCUT2D eigenvalue weighted by molar-refractivity contribution is 5.86. The minimum absolute atomic E-state index is 0. The second-order valence-electron chi connectivity index (χ2n) is 3.71. The van der Waals surface area contributed by atoms with E-state index in [2.05, 4.69) is 25.3 Å². The summed E-state index contributed by atoms with van der Waals surface area (Å²) in [7, 11) is 0. The lowest BCUT2D eigenvalue weighted by Gasteiger charge is -2.28. The van der Waals surface area contributed by atoms with Gasteiger partial charge in [-0.05, 0) is 0 Å². The third kappa shape index (κ3) is 1.98. The molecule has 2 aromatic heterocycles. The summed E-state index contributed by atoms with van der Waals surface area (Å²) >= 11 is 0. The molecule has 1 fully saturated rings. The first-order valence-electron chi connectivity index (χ1n) is 5.20. The predicted octanol–water partition coefficient (Wildman–Crippen LogP) is -0.105. The van der Waals surface area contributed by atoms with Gasteiger partial charge in [-0.25, -0.2) is 9.97 Å².